The van der Waals surface area contributed by atoms with Crippen molar-refractivity contribution in [3.63, 3.8) is 0 Å². The number of nitrogens with zero attached hydrogens (tertiary/aromatic N) is 3. The molecule has 0 bridgehead atoms. The quantitative estimate of drug-likeness (QED) is 0.393. The molecular formula is C26H25ClN4O5. The first kappa shape index (κ1) is 23.9. The summed E-state index contributed by atoms with van der Waals surface area (Å²) >= 11 is 6.01. The van der Waals surface area contributed by atoms with Crippen molar-refractivity contribution in [3.05, 3.63) is 91.0 Å². The summed E-state index contributed by atoms with van der Waals surface area (Å²) < 4.78 is 8.17. The van der Waals surface area contributed by atoms with E-state index in [1.807, 2.05) is 26.0 Å². The number of carboxylic acid groups (broad SMARTS) is 1. The fourth-order valence-electron chi connectivity index (χ4n) is 4.38. The number of aromatic nitrogens is 3. The van der Waals surface area contributed by atoms with Crippen LogP contribution in [0.3, 0.4) is 0 Å². The summed E-state index contributed by atoms with van der Waals surface area (Å²) in [6.45, 7) is 3.91. The van der Waals surface area contributed by atoms with Gasteiger partial charge in [0.2, 0.25) is 5.62 Å². The van der Waals surface area contributed by atoms with Crippen molar-refractivity contribution in [2.45, 2.75) is 46.2 Å². The van der Waals surface area contributed by atoms with Gasteiger partial charge in [0, 0.05) is 23.4 Å². The average Bonchev–Trinajstić information content (AvgIpc) is 3.58. The highest BCUT2D eigenvalue weighted by Crippen LogP contribution is 2.46. The van der Waals surface area contributed by atoms with Gasteiger partial charge in [-0.1, -0.05) is 30.7 Å². The van der Waals surface area contributed by atoms with Crippen molar-refractivity contribution in [2.24, 2.45) is 10.4 Å². The summed E-state index contributed by atoms with van der Waals surface area (Å²) in [6, 6.07) is 12.4. The molecular weight excluding hydrogens is 484 g/mol. The van der Waals surface area contributed by atoms with Gasteiger partial charge in [0.15, 0.2) is 0 Å². The molecule has 10 heteroatoms. The molecule has 2 aromatic heterocycles. The number of carboxylic acids is 1. The highest BCUT2D eigenvalue weighted by molar-refractivity contribution is 6.30. The number of aryl methyl sites for hydroxylation is 2. The van der Waals surface area contributed by atoms with Crippen molar-refractivity contribution in [1.82, 2.24) is 14.1 Å². The predicted octanol–water partition coefficient (Wildman–Crippen LogP) is 3.75. The van der Waals surface area contributed by atoms with E-state index in [1.165, 1.54) is 4.57 Å². The molecule has 5 rings (SSSR count). The fraction of sp³-hybridized carbons (Fsp3) is 0.308. The molecule has 2 aromatic carbocycles. The molecule has 2 heterocycles. The number of benzene rings is 2. The Hall–Kier alpha value is -3.85. The van der Waals surface area contributed by atoms with Crippen LogP contribution in [0.25, 0.3) is 11.0 Å². The minimum atomic E-state index is -1.09. The van der Waals surface area contributed by atoms with Crippen LogP contribution in [0.2, 0.25) is 5.02 Å². The number of nitrogens with one attached hydrogen (secondary N) is 1. The summed E-state index contributed by atoms with van der Waals surface area (Å²) in [5, 5.41) is 11.0. The number of H-pyrrole nitrogens is 1. The Labute approximate surface area is 210 Å². The van der Waals surface area contributed by atoms with Crippen LogP contribution in [0.5, 0.6) is 0 Å². The first-order valence-electron chi connectivity index (χ1n) is 11.7. The zero-order chi connectivity index (χ0) is 25.6. The van der Waals surface area contributed by atoms with Gasteiger partial charge in [0.1, 0.15) is 11.3 Å². The van der Waals surface area contributed by atoms with Crippen molar-refractivity contribution < 1.29 is 14.3 Å². The number of furan rings is 1. The highest BCUT2D eigenvalue weighted by atomic mass is 35.5. The summed E-state index contributed by atoms with van der Waals surface area (Å²) in [5.41, 5.74) is 0.707. The molecule has 0 atom stereocenters. The molecule has 36 heavy (non-hydrogen) atoms. The average molecular weight is 509 g/mol. The zero-order valence-electron chi connectivity index (χ0n) is 19.9. The van der Waals surface area contributed by atoms with Crippen LogP contribution < -0.4 is 17.0 Å². The molecule has 2 N–H and O–H groups in total. The monoisotopic (exact) mass is 508 g/mol. The highest BCUT2D eigenvalue weighted by Gasteiger charge is 2.51. The van der Waals surface area contributed by atoms with E-state index in [0.29, 0.717) is 23.6 Å². The molecule has 1 aliphatic rings. The second kappa shape index (κ2) is 8.98. The smallest absolute Gasteiger partial charge is 0.335 e. The van der Waals surface area contributed by atoms with E-state index in [-0.39, 0.29) is 18.7 Å². The minimum absolute atomic E-state index is 0.0626. The van der Waals surface area contributed by atoms with E-state index in [2.05, 4.69) is 9.98 Å². The van der Waals surface area contributed by atoms with E-state index >= 15 is 0 Å². The molecule has 1 fully saturated rings. The number of carbonyl (C=O) groups is 1. The van der Waals surface area contributed by atoms with Crippen LogP contribution in [0, 0.1) is 12.3 Å². The van der Waals surface area contributed by atoms with Crippen LogP contribution in [0.1, 0.15) is 36.7 Å². The lowest BCUT2D eigenvalue weighted by Gasteiger charge is -2.14. The molecule has 0 amide bonds. The Morgan fingerprint density at radius 3 is 2.53 bits per heavy atom. The maximum Gasteiger partial charge on any atom is 0.335 e. The van der Waals surface area contributed by atoms with Crippen molar-refractivity contribution >= 4 is 34.2 Å². The van der Waals surface area contributed by atoms with Gasteiger partial charge in [-0.2, -0.15) is 0 Å². The Morgan fingerprint density at radius 1 is 1.17 bits per heavy atom. The number of hydrogen-bond acceptors (Lipinski definition) is 5. The summed E-state index contributed by atoms with van der Waals surface area (Å²) in [5.74, 6) is -0.120. The number of fused-ring (bicyclic) bond motifs is 1. The molecule has 9 nitrogen and oxygen atoms in total. The van der Waals surface area contributed by atoms with Crippen LogP contribution in [0.15, 0.2) is 61.5 Å². The lowest BCUT2D eigenvalue weighted by molar-refractivity contribution is -0.144. The largest absolute Gasteiger partial charge is 0.481 e. The van der Waals surface area contributed by atoms with E-state index in [1.54, 1.807) is 30.3 Å². The van der Waals surface area contributed by atoms with Crippen molar-refractivity contribution in [3.8, 4) is 0 Å². The number of aromatic amines is 1. The van der Waals surface area contributed by atoms with E-state index in [4.69, 9.17) is 16.0 Å². The Balaban J connectivity index is 1.67. The van der Waals surface area contributed by atoms with Crippen LogP contribution in [-0.2, 0) is 24.3 Å². The van der Waals surface area contributed by atoms with Gasteiger partial charge in [-0.25, -0.2) is 19.1 Å². The van der Waals surface area contributed by atoms with E-state index in [0.717, 1.165) is 38.8 Å². The van der Waals surface area contributed by atoms with Crippen LogP contribution in [-0.4, -0.2) is 25.2 Å². The summed E-state index contributed by atoms with van der Waals surface area (Å²) in [7, 11) is 0. The van der Waals surface area contributed by atoms with E-state index in [9.17, 15) is 19.5 Å². The predicted molar refractivity (Wildman–Crippen MR) is 135 cm³/mol. The third-order valence-corrected chi connectivity index (χ3v) is 7.03. The SMILES string of the molecule is CCc1oc2ccc(/N=c3\[nH]c(=O)n(CC4(C(=O)O)CC4)c(=O)n3Cc3ccc(Cl)cc3)cc2c1C. The lowest BCUT2D eigenvalue weighted by atomic mass is 10.1. The molecule has 0 spiro atoms. The number of rotatable bonds is 7. The Kier molecular flexibility index (Phi) is 5.96. The molecule has 186 valence electrons. The van der Waals surface area contributed by atoms with Crippen molar-refractivity contribution in [1.29, 1.82) is 0 Å². The van der Waals surface area contributed by atoms with Gasteiger partial charge < -0.3 is 9.52 Å². The van der Waals surface area contributed by atoms with Crippen molar-refractivity contribution in [2.75, 3.05) is 0 Å². The van der Waals surface area contributed by atoms with Gasteiger partial charge in [-0.05, 0) is 61.2 Å². The first-order valence-corrected chi connectivity index (χ1v) is 12.1. The van der Waals surface area contributed by atoms with Gasteiger partial charge in [-0.3, -0.25) is 14.3 Å². The second-order valence-electron chi connectivity index (χ2n) is 9.22. The lowest BCUT2D eigenvalue weighted by Crippen LogP contribution is -2.51. The molecule has 1 aliphatic carbocycles. The normalized spacial score (nSPS) is 14.9. The maximum absolute atomic E-state index is 13.5. The molecule has 0 aliphatic heterocycles. The van der Waals surface area contributed by atoms with Gasteiger partial charge in [-0.15, -0.1) is 0 Å². The number of aliphatic carboxylic acids is 1. The zero-order valence-corrected chi connectivity index (χ0v) is 20.6. The summed E-state index contributed by atoms with van der Waals surface area (Å²) in [4.78, 5) is 45.5. The van der Waals surface area contributed by atoms with Crippen LogP contribution in [0.4, 0.5) is 5.69 Å². The molecule has 0 unspecified atom stereocenters. The number of halogens is 1. The van der Waals surface area contributed by atoms with E-state index < -0.39 is 22.8 Å². The summed E-state index contributed by atoms with van der Waals surface area (Å²) in [6.07, 6.45) is 1.60. The second-order valence-corrected chi connectivity index (χ2v) is 9.65. The molecule has 4 aromatic rings. The van der Waals surface area contributed by atoms with Gasteiger partial charge in [0.05, 0.1) is 17.6 Å². The maximum atomic E-state index is 13.5. The molecule has 1 saturated carbocycles. The van der Waals surface area contributed by atoms with Crippen LogP contribution >= 0.6 is 11.6 Å². The first-order chi connectivity index (χ1) is 17.2. The fourth-order valence-corrected chi connectivity index (χ4v) is 4.50. The standard InChI is InChI=1S/C26H25ClN4O5/c1-3-20-15(2)19-12-18(8-9-21(19)36-20)28-23-29-24(34)31(14-26(10-11-26)22(32)33)25(35)30(23)13-16-4-6-17(27)7-5-16/h4-9,12H,3,10-11,13-14H2,1-2H3,(H,32,33)(H,28,29,34). The minimum Gasteiger partial charge on any atom is -0.481 e. The third-order valence-electron chi connectivity index (χ3n) is 6.78. The Bertz CT molecular complexity index is 1670. The topological polar surface area (TPSA) is 123 Å². The third kappa shape index (κ3) is 4.30. The molecule has 0 saturated heterocycles. The number of hydrogen-bond donors (Lipinski definition) is 2. The van der Waals surface area contributed by atoms with Gasteiger partial charge >= 0.3 is 17.3 Å². The molecule has 0 radical (unpaired) electrons. The Morgan fingerprint density at radius 2 is 1.89 bits per heavy atom. The van der Waals surface area contributed by atoms with Gasteiger partial charge in [0.25, 0.3) is 0 Å².